The fourth-order valence-electron chi connectivity index (χ4n) is 1.83. The molecule has 2 aromatic rings. The number of aryl methyl sites for hydroxylation is 1. The van der Waals surface area contributed by atoms with Crippen molar-refractivity contribution in [2.45, 2.75) is 19.9 Å². The molecular formula is C14H16BrF2N3O. The van der Waals surface area contributed by atoms with Gasteiger partial charge in [0, 0.05) is 38.2 Å². The molecule has 4 nitrogen and oxygen atoms in total. The van der Waals surface area contributed by atoms with E-state index in [1.54, 1.807) is 12.4 Å². The third-order valence-electron chi connectivity index (χ3n) is 2.86. The van der Waals surface area contributed by atoms with Gasteiger partial charge in [0.1, 0.15) is 11.6 Å². The van der Waals surface area contributed by atoms with Gasteiger partial charge in [0.15, 0.2) is 0 Å². The summed E-state index contributed by atoms with van der Waals surface area (Å²) in [5.74, 6) is -0.618. The molecule has 0 amide bonds. The number of nitrogens with one attached hydrogen (secondary N) is 1. The fraction of sp³-hybridized carbons (Fsp3) is 0.357. The smallest absolute Gasteiger partial charge is 0.207 e. The second-order valence-corrected chi connectivity index (χ2v) is 5.22. The number of halogens is 3. The Balaban J connectivity index is 2.06. The van der Waals surface area contributed by atoms with Gasteiger partial charge >= 0.3 is 0 Å². The van der Waals surface area contributed by atoms with E-state index in [1.165, 1.54) is 0 Å². The van der Waals surface area contributed by atoms with Crippen LogP contribution in [0.5, 0.6) is 0 Å². The van der Waals surface area contributed by atoms with Crippen LogP contribution in [0.4, 0.5) is 20.4 Å². The van der Waals surface area contributed by atoms with Crippen LogP contribution in [0.3, 0.4) is 0 Å². The first-order chi connectivity index (χ1) is 10.1. The molecule has 1 heterocycles. The van der Waals surface area contributed by atoms with Crippen LogP contribution in [-0.2, 0) is 11.3 Å². The summed E-state index contributed by atoms with van der Waals surface area (Å²) in [6, 6.07) is 2.18. The highest BCUT2D eigenvalue weighted by Gasteiger charge is 2.11. The average molecular weight is 360 g/mol. The zero-order chi connectivity index (χ0) is 15.2. The summed E-state index contributed by atoms with van der Waals surface area (Å²) >= 11 is 2.94. The summed E-state index contributed by atoms with van der Waals surface area (Å²) < 4.78 is 34.5. The quantitative estimate of drug-likeness (QED) is 0.597. The van der Waals surface area contributed by atoms with Crippen molar-refractivity contribution < 1.29 is 13.5 Å². The molecule has 21 heavy (non-hydrogen) atoms. The van der Waals surface area contributed by atoms with Crippen LogP contribution in [0.25, 0.3) is 0 Å². The third-order valence-corrected chi connectivity index (χ3v) is 3.47. The number of nitrogens with zero attached hydrogens (tertiary/aromatic N) is 2. The Kier molecular flexibility index (Phi) is 5.69. The number of aromatic nitrogens is 2. The number of hydrogen-bond donors (Lipinski definition) is 1. The van der Waals surface area contributed by atoms with Gasteiger partial charge in [-0.15, -0.1) is 0 Å². The molecule has 0 spiro atoms. The molecule has 1 aromatic heterocycles. The van der Waals surface area contributed by atoms with Gasteiger partial charge in [0.2, 0.25) is 5.95 Å². The summed E-state index contributed by atoms with van der Waals surface area (Å²) in [4.78, 5) is 4.11. The molecular weight excluding hydrogens is 344 g/mol. The predicted molar refractivity (Wildman–Crippen MR) is 80.7 cm³/mol. The minimum atomic E-state index is -0.549. The molecule has 7 heteroatoms. The lowest BCUT2D eigenvalue weighted by molar-refractivity contribution is 0.142. The largest absolute Gasteiger partial charge is 0.382 e. The van der Waals surface area contributed by atoms with Crippen molar-refractivity contribution in [3.63, 3.8) is 0 Å². The maximum atomic E-state index is 13.8. The van der Waals surface area contributed by atoms with E-state index in [1.807, 2.05) is 11.5 Å². The number of hydrogen-bond acceptors (Lipinski definition) is 3. The van der Waals surface area contributed by atoms with E-state index < -0.39 is 11.6 Å². The van der Waals surface area contributed by atoms with Crippen molar-refractivity contribution in [1.29, 1.82) is 0 Å². The van der Waals surface area contributed by atoms with Crippen LogP contribution in [0.15, 0.2) is 29.0 Å². The normalized spacial score (nSPS) is 10.9. The molecule has 0 bridgehead atoms. The highest BCUT2D eigenvalue weighted by atomic mass is 79.9. The Morgan fingerprint density at radius 1 is 1.33 bits per heavy atom. The predicted octanol–water partition coefficient (Wildman–Crippen LogP) is 4.09. The highest BCUT2D eigenvalue weighted by molar-refractivity contribution is 9.10. The molecule has 0 saturated heterocycles. The first-order valence-corrected chi connectivity index (χ1v) is 7.41. The Labute approximate surface area is 130 Å². The Morgan fingerprint density at radius 3 is 2.90 bits per heavy atom. The molecule has 2 rings (SSSR count). The minimum absolute atomic E-state index is 0.0490. The van der Waals surface area contributed by atoms with Crippen molar-refractivity contribution in [2.24, 2.45) is 0 Å². The van der Waals surface area contributed by atoms with Gasteiger partial charge in [0.25, 0.3) is 0 Å². The molecule has 0 radical (unpaired) electrons. The molecule has 1 N–H and O–H groups in total. The molecule has 0 aliphatic heterocycles. The van der Waals surface area contributed by atoms with Crippen molar-refractivity contribution >= 4 is 27.6 Å². The SMILES string of the molecule is CCOCCCn1ccnc1Nc1cc(F)c(Br)cc1F. The second-order valence-electron chi connectivity index (χ2n) is 4.37. The zero-order valence-electron chi connectivity index (χ0n) is 11.6. The number of ether oxygens (including phenoxy) is 1. The Hall–Kier alpha value is -1.47. The average Bonchev–Trinajstić information content (AvgIpc) is 2.88. The van der Waals surface area contributed by atoms with Gasteiger partial charge in [-0.1, -0.05) is 0 Å². The maximum absolute atomic E-state index is 13.8. The first-order valence-electron chi connectivity index (χ1n) is 6.62. The summed E-state index contributed by atoms with van der Waals surface area (Å²) in [5, 5.41) is 2.80. The number of benzene rings is 1. The molecule has 114 valence electrons. The van der Waals surface area contributed by atoms with Gasteiger partial charge in [0.05, 0.1) is 10.2 Å². The highest BCUT2D eigenvalue weighted by Crippen LogP contribution is 2.25. The van der Waals surface area contributed by atoms with E-state index in [2.05, 4.69) is 26.2 Å². The lowest BCUT2D eigenvalue weighted by Gasteiger charge is -2.11. The Bertz CT molecular complexity index is 604. The molecule has 1 aromatic carbocycles. The first kappa shape index (κ1) is 15.9. The third kappa shape index (κ3) is 4.25. The zero-order valence-corrected chi connectivity index (χ0v) is 13.2. The van der Waals surface area contributed by atoms with Gasteiger partial charge in [-0.3, -0.25) is 0 Å². The van der Waals surface area contributed by atoms with E-state index in [4.69, 9.17) is 4.74 Å². The minimum Gasteiger partial charge on any atom is -0.382 e. The van der Waals surface area contributed by atoms with Gasteiger partial charge < -0.3 is 14.6 Å². The van der Waals surface area contributed by atoms with Crippen LogP contribution < -0.4 is 5.32 Å². The van der Waals surface area contributed by atoms with Crippen molar-refractivity contribution in [3.05, 3.63) is 40.6 Å². The van der Waals surface area contributed by atoms with Crippen molar-refractivity contribution in [1.82, 2.24) is 9.55 Å². The topological polar surface area (TPSA) is 39.1 Å². The van der Waals surface area contributed by atoms with Crippen LogP contribution >= 0.6 is 15.9 Å². The molecule has 0 saturated carbocycles. The lowest BCUT2D eigenvalue weighted by Crippen LogP contribution is -2.07. The number of anilines is 2. The summed E-state index contributed by atoms with van der Waals surface area (Å²) in [5.41, 5.74) is 0.0490. The molecule has 0 fully saturated rings. The van der Waals surface area contributed by atoms with E-state index in [9.17, 15) is 8.78 Å². The van der Waals surface area contributed by atoms with E-state index in [-0.39, 0.29) is 10.2 Å². The number of rotatable bonds is 7. The monoisotopic (exact) mass is 359 g/mol. The van der Waals surface area contributed by atoms with E-state index in [0.29, 0.717) is 25.7 Å². The summed E-state index contributed by atoms with van der Waals surface area (Å²) in [7, 11) is 0. The van der Waals surface area contributed by atoms with Crippen molar-refractivity contribution in [2.75, 3.05) is 18.5 Å². The van der Waals surface area contributed by atoms with Crippen LogP contribution in [0, 0.1) is 11.6 Å². The molecule has 0 aliphatic rings. The van der Waals surface area contributed by atoms with Gasteiger partial charge in [-0.05, 0) is 35.3 Å². The maximum Gasteiger partial charge on any atom is 0.207 e. The lowest BCUT2D eigenvalue weighted by atomic mass is 10.3. The van der Waals surface area contributed by atoms with Crippen molar-refractivity contribution in [3.8, 4) is 0 Å². The fourth-order valence-corrected chi connectivity index (χ4v) is 2.15. The molecule has 0 unspecified atom stereocenters. The standard InChI is InChI=1S/C14H16BrF2N3O/c1-2-21-7-3-5-20-6-4-18-14(20)19-13-9-11(16)10(15)8-12(13)17/h4,6,8-9H,2-3,5,7H2,1H3,(H,18,19). The van der Waals surface area contributed by atoms with Crippen LogP contribution in [0.2, 0.25) is 0 Å². The van der Waals surface area contributed by atoms with E-state index >= 15 is 0 Å². The van der Waals surface area contributed by atoms with Gasteiger partial charge in [-0.2, -0.15) is 0 Å². The van der Waals surface area contributed by atoms with Crippen LogP contribution in [0.1, 0.15) is 13.3 Å². The summed E-state index contributed by atoms with van der Waals surface area (Å²) in [6.07, 6.45) is 4.20. The molecule has 0 aliphatic carbocycles. The molecule has 0 atom stereocenters. The number of imidazole rings is 1. The van der Waals surface area contributed by atoms with E-state index in [0.717, 1.165) is 18.6 Å². The van der Waals surface area contributed by atoms with Crippen LogP contribution in [-0.4, -0.2) is 22.8 Å². The second kappa shape index (κ2) is 7.51. The Morgan fingerprint density at radius 2 is 2.14 bits per heavy atom. The van der Waals surface area contributed by atoms with Gasteiger partial charge in [-0.25, -0.2) is 13.8 Å². The summed E-state index contributed by atoms with van der Waals surface area (Å²) in [6.45, 7) is 3.95.